The number of carbonyl (C=O) groups is 4. The monoisotopic (exact) mass is 222 g/mol. The smallest absolute Gasteiger partial charge is 0.334 e. The number of rotatable bonds is 4. The Labute approximate surface area is 106 Å². The van der Waals surface area contributed by atoms with E-state index in [0.29, 0.717) is 0 Å². The molecule has 0 bridgehead atoms. The first-order valence-electron chi connectivity index (χ1n) is 3.97. The van der Waals surface area contributed by atoms with Crippen LogP contribution in [0.25, 0.3) is 0 Å². The van der Waals surface area contributed by atoms with E-state index in [4.69, 9.17) is 0 Å². The van der Waals surface area contributed by atoms with Gasteiger partial charge < -0.3 is 19.2 Å². The standard InChI is InChI=1S/2C5H7O2.Mg/c2*1-4(6)3-5(2)7;/h2*3H,1-2H3;/q2*-1;+2. The van der Waals surface area contributed by atoms with Gasteiger partial charge in [0, 0.05) is 23.1 Å². The van der Waals surface area contributed by atoms with Gasteiger partial charge >= 0.3 is 23.1 Å². The SMILES string of the molecule is CC(=O)[CH-]C(C)=O.CC(=O)[CH-]C(C)=O.[Mg+2]. The minimum absolute atomic E-state index is 0. The largest absolute Gasteiger partial charge is 2.00 e. The van der Waals surface area contributed by atoms with Crippen LogP contribution in [0.1, 0.15) is 27.7 Å². The summed E-state index contributed by atoms with van der Waals surface area (Å²) in [5.74, 6) is -0.750. The minimum atomic E-state index is -0.187. The van der Waals surface area contributed by atoms with Crippen LogP contribution in [0, 0.1) is 12.8 Å². The number of ketones is 4. The molecule has 0 unspecified atom stereocenters. The average molecular weight is 223 g/mol. The molecule has 0 aromatic heterocycles. The first-order chi connectivity index (χ1) is 6.25. The number of hydrogen-bond donors (Lipinski definition) is 0. The third kappa shape index (κ3) is 32.0. The second kappa shape index (κ2) is 11.3. The van der Waals surface area contributed by atoms with Gasteiger partial charge in [-0.1, -0.05) is 0 Å². The van der Waals surface area contributed by atoms with E-state index >= 15 is 0 Å². The molecule has 0 aliphatic carbocycles. The number of carbonyl (C=O) groups excluding carboxylic acids is 4. The van der Waals surface area contributed by atoms with Crippen LogP contribution in [0.15, 0.2) is 0 Å². The number of hydrogen-bond acceptors (Lipinski definition) is 4. The van der Waals surface area contributed by atoms with Gasteiger partial charge in [-0.25, -0.2) is 0 Å². The van der Waals surface area contributed by atoms with Crippen molar-refractivity contribution in [2.75, 3.05) is 0 Å². The second-order valence-electron chi connectivity index (χ2n) is 2.73. The molecule has 0 N–H and O–H groups in total. The van der Waals surface area contributed by atoms with E-state index in [0.717, 1.165) is 12.8 Å². The van der Waals surface area contributed by atoms with Gasteiger partial charge in [-0.05, 0) is 27.7 Å². The third-order valence-corrected chi connectivity index (χ3v) is 0.813. The predicted octanol–water partition coefficient (Wildman–Crippen LogP) is 0.357. The molecule has 0 saturated carbocycles. The molecule has 0 amide bonds. The van der Waals surface area contributed by atoms with Crippen LogP contribution in [0.3, 0.4) is 0 Å². The summed E-state index contributed by atoms with van der Waals surface area (Å²) in [6.07, 6.45) is 2.11. The van der Waals surface area contributed by atoms with Crippen molar-refractivity contribution in [3.63, 3.8) is 0 Å². The molecular formula is C10H14MgO4. The molecule has 0 radical (unpaired) electrons. The quantitative estimate of drug-likeness (QED) is 0.391. The van der Waals surface area contributed by atoms with Crippen molar-refractivity contribution in [2.24, 2.45) is 0 Å². The molecule has 4 nitrogen and oxygen atoms in total. The van der Waals surface area contributed by atoms with Crippen LogP contribution < -0.4 is 0 Å². The summed E-state index contributed by atoms with van der Waals surface area (Å²) in [5.41, 5.74) is 0. The maximum Gasteiger partial charge on any atom is 2.00 e. The van der Waals surface area contributed by atoms with E-state index in [2.05, 4.69) is 0 Å². The van der Waals surface area contributed by atoms with Crippen molar-refractivity contribution in [1.29, 1.82) is 0 Å². The van der Waals surface area contributed by atoms with E-state index in [1.165, 1.54) is 27.7 Å². The summed E-state index contributed by atoms with van der Waals surface area (Å²) in [7, 11) is 0. The minimum Gasteiger partial charge on any atom is -0.334 e. The van der Waals surface area contributed by atoms with E-state index < -0.39 is 0 Å². The Morgan fingerprint density at radius 2 is 0.733 bits per heavy atom. The molecular weight excluding hydrogens is 208 g/mol. The van der Waals surface area contributed by atoms with E-state index in [1.807, 2.05) is 0 Å². The first kappa shape index (κ1) is 19.7. The molecule has 0 aromatic rings. The molecule has 15 heavy (non-hydrogen) atoms. The Morgan fingerprint density at radius 1 is 0.600 bits per heavy atom. The summed E-state index contributed by atoms with van der Waals surface area (Å²) < 4.78 is 0. The summed E-state index contributed by atoms with van der Waals surface area (Å²) >= 11 is 0. The summed E-state index contributed by atoms with van der Waals surface area (Å²) in [6, 6.07) is 0. The average Bonchev–Trinajstić information content (AvgIpc) is 1.79. The van der Waals surface area contributed by atoms with Gasteiger partial charge in [0.15, 0.2) is 0 Å². The Morgan fingerprint density at radius 3 is 0.733 bits per heavy atom. The van der Waals surface area contributed by atoms with Gasteiger partial charge in [-0.15, -0.1) is 0 Å². The molecule has 0 aliphatic heterocycles. The molecule has 0 saturated heterocycles. The molecule has 0 fully saturated rings. The van der Waals surface area contributed by atoms with Gasteiger partial charge in [-0.2, -0.15) is 0 Å². The Hall–Kier alpha value is -0.814. The van der Waals surface area contributed by atoms with E-state index in [-0.39, 0.29) is 46.2 Å². The Balaban J connectivity index is -0.000000180. The second-order valence-corrected chi connectivity index (χ2v) is 2.73. The van der Waals surface area contributed by atoms with Crippen molar-refractivity contribution in [3.8, 4) is 0 Å². The summed E-state index contributed by atoms with van der Waals surface area (Å²) in [5, 5.41) is 0. The summed E-state index contributed by atoms with van der Waals surface area (Å²) in [4.78, 5) is 39.9. The van der Waals surface area contributed by atoms with Gasteiger partial charge in [0.1, 0.15) is 0 Å². The van der Waals surface area contributed by atoms with Gasteiger partial charge in [-0.3, -0.25) is 12.8 Å². The fourth-order valence-corrected chi connectivity index (χ4v) is 0.572. The van der Waals surface area contributed by atoms with Crippen LogP contribution in [-0.2, 0) is 19.2 Å². The van der Waals surface area contributed by atoms with Gasteiger partial charge in [0.2, 0.25) is 0 Å². The first-order valence-corrected chi connectivity index (χ1v) is 3.97. The maximum absolute atomic E-state index is 9.98. The number of Topliss-reactive ketones (excluding diaryl/α,β-unsaturated/α-hetero) is 4. The van der Waals surface area contributed by atoms with Gasteiger partial charge in [0.25, 0.3) is 0 Å². The van der Waals surface area contributed by atoms with Crippen molar-refractivity contribution in [3.05, 3.63) is 12.8 Å². The van der Waals surface area contributed by atoms with Crippen molar-refractivity contribution >= 4 is 46.2 Å². The summed E-state index contributed by atoms with van der Waals surface area (Å²) in [6.45, 7) is 5.39. The van der Waals surface area contributed by atoms with Crippen LogP contribution >= 0.6 is 0 Å². The van der Waals surface area contributed by atoms with Crippen molar-refractivity contribution < 1.29 is 19.2 Å². The predicted molar refractivity (Wildman–Crippen MR) is 57.1 cm³/mol. The van der Waals surface area contributed by atoms with Crippen LogP contribution in [-0.4, -0.2) is 46.2 Å². The van der Waals surface area contributed by atoms with Crippen LogP contribution in [0.2, 0.25) is 0 Å². The van der Waals surface area contributed by atoms with Gasteiger partial charge in [0.05, 0.1) is 0 Å². The van der Waals surface area contributed by atoms with Crippen molar-refractivity contribution in [2.45, 2.75) is 27.7 Å². The van der Waals surface area contributed by atoms with E-state index in [1.54, 1.807) is 0 Å². The molecule has 0 aromatic carbocycles. The molecule has 0 aliphatic rings. The molecule has 5 heteroatoms. The van der Waals surface area contributed by atoms with Crippen molar-refractivity contribution in [1.82, 2.24) is 0 Å². The fourth-order valence-electron chi connectivity index (χ4n) is 0.572. The molecule has 0 spiro atoms. The fraction of sp³-hybridized carbons (Fsp3) is 0.400. The van der Waals surface area contributed by atoms with Crippen LogP contribution in [0.4, 0.5) is 0 Å². The molecule has 0 rings (SSSR count). The zero-order valence-corrected chi connectivity index (χ0v) is 10.9. The molecule has 0 atom stereocenters. The zero-order chi connectivity index (χ0) is 11.7. The Bertz CT molecular complexity index is 196. The van der Waals surface area contributed by atoms with E-state index in [9.17, 15) is 19.2 Å². The third-order valence-electron chi connectivity index (χ3n) is 0.813. The van der Waals surface area contributed by atoms with Crippen LogP contribution in [0.5, 0.6) is 0 Å². The maximum atomic E-state index is 9.98. The molecule has 0 heterocycles. The zero-order valence-electron chi connectivity index (χ0n) is 9.49. The normalized spacial score (nSPS) is 7.20. The Kier molecular flexibility index (Phi) is 14.8. The topological polar surface area (TPSA) is 68.3 Å². The molecule has 80 valence electrons.